The highest BCUT2D eigenvalue weighted by Crippen LogP contribution is 2.36. The fourth-order valence-electron chi connectivity index (χ4n) is 2.16. The molecule has 1 nitrogen and oxygen atoms in total. The molecule has 1 N–H and O–H groups in total. The van der Waals surface area contributed by atoms with Gasteiger partial charge in [-0.2, -0.15) is 0 Å². The lowest BCUT2D eigenvalue weighted by molar-refractivity contribution is 0.00682. The molecule has 0 spiro atoms. The molecule has 13 heavy (non-hydrogen) atoms. The van der Waals surface area contributed by atoms with E-state index < -0.39 is 0 Å². The Kier molecular flexibility index (Phi) is 6.40. The number of hydrogen-bond acceptors (Lipinski definition) is 1. The number of hydrogen-bond donors (Lipinski definition) is 1. The van der Waals surface area contributed by atoms with Crippen molar-refractivity contribution < 1.29 is 5.11 Å². The van der Waals surface area contributed by atoms with Crippen LogP contribution in [0.1, 0.15) is 66.2 Å². The molecule has 0 aliphatic heterocycles. The van der Waals surface area contributed by atoms with Gasteiger partial charge in [0.2, 0.25) is 0 Å². The van der Waals surface area contributed by atoms with Gasteiger partial charge in [-0.15, -0.1) is 0 Å². The van der Waals surface area contributed by atoms with Gasteiger partial charge in [-0.3, -0.25) is 0 Å². The smallest absolute Gasteiger partial charge is 0.0596 e. The largest absolute Gasteiger partial charge is 0.393 e. The van der Waals surface area contributed by atoms with Gasteiger partial charge in [0.1, 0.15) is 0 Å². The third kappa shape index (κ3) is 3.30. The second kappa shape index (κ2) is 6.42. The first-order valence-corrected chi connectivity index (χ1v) is 5.84. The molecule has 0 heterocycles. The molecule has 0 fully saturated rings. The van der Waals surface area contributed by atoms with Gasteiger partial charge in [0.05, 0.1) is 6.10 Å². The van der Waals surface area contributed by atoms with E-state index in [9.17, 15) is 5.11 Å². The second-order valence-electron chi connectivity index (χ2n) is 4.08. The van der Waals surface area contributed by atoms with Crippen LogP contribution in [0.5, 0.6) is 0 Å². The summed E-state index contributed by atoms with van der Waals surface area (Å²) in [5.74, 6) is 0. The van der Waals surface area contributed by atoms with Gasteiger partial charge in [0.25, 0.3) is 0 Å². The molecule has 1 atom stereocenters. The highest BCUT2D eigenvalue weighted by atomic mass is 16.3. The van der Waals surface area contributed by atoms with Crippen LogP contribution in [-0.2, 0) is 0 Å². The Labute approximate surface area is 83.5 Å². The fraction of sp³-hybridized carbons (Fsp3) is 1.00. The van der Waals surface area contributed by atoms with Gasteiger partial charge >= 0.3 is 0 Å². The lowest BCUT2D eigenvalue weighted by atomic mass is 9.73. The van der Waals surface area contributed by atoms with Gasteiger partial charge in [0.15, 0.2) is 0 Å². The highest BCUT2D eigenvalue weighted by Gasteiger charge is 2.31. The third-order valence-electron chi connectivity index (χ3n) is 3.65. The Morgan fingerprint density at radius 2 is 1.46 bits per heavy atom. The van der Waals surface area contributed by atoms with Crippen molar-refractivity contribution in [3.05, 3.63) is 0 Å². The van der Waals surface area contributed by atoms with Crippen LogP contribution in [0.2, 0.25) is 0 Å². The summed E-state index contributed by atoms with van der Waals surface area (Å²) in [6.07, 6.45) is 6.53. The number of aliphatic hydroxyl groups excluding tert-OH is 1. The van der Waals surface area contributed by atoms with Crippen molar-refractivity contribution in [1.29, 1.82) is 0 Å². The summed E-state index contributed by atoms with van der Waals surface area (Å²) < 4.78 is 0. The number of rotatable bonds is 7. The maximum atomic E-state index is 10.1. The Bertz CT molecular complexity index is 108. The van der Waals surface area contributed by atoms with Crippen LogP contribution in [0.4, 0.5) is 0 Å². The molecule has 1 heteroatoms. The molecule has 0 aromatic carbocycles. The van der Waals surface area contributed by atoms with Gasteiger partial charge < -0.3 is 5.11 Å². The lowest BCUT2D eigenvalue weighted by Gasteiger charge is -2.35. The van der Waals surface area contributed by atoms with Gasteiger partial charge in [-0.05, 0) is 31.1 Å². The Morgan fingerprint density at radius 3 is 1.77 bits per heavy atom. The Balaban J connectivity index is 4.17. The van der Waals surface area contributed by atoms with Crippen LogP contribution in [0, 0.1) is 5.41 Å². The maximum absolute atomic E-state index is 10.1. The fourth-order valence-corrected chi connectivity index (χ4v) is 2.16. The first kappa shape index (κ1) is 13.0. The molecule has 80 valence electrons. The maximum Gasteiger partial charge on any atom is 0.0596 e. The van der Waals surface area contributed by atoms with Gasteiger partial charge in [-0.25, -0.2) is 0 Å². The van der Waals surface area contributed by atoms with Gasteiger partial charge in [0, 0.05) is 0 Å². The summed E-state index contributed by atoms with van der Waals surface area (Å²) in [5.41, 5.74) is 0.190. The summed E-state index contributed by atoms with van der Waals surface area (Å²) in [5, 5.41) is 10.1. The molecule has 0 rings (SSSR count). The van der Waals surface area contributed by atoms with Crippen molar-refractivity contribution >= 4 is 0 Å². The molecule has 0 aliphatic carbocycles. The molecular weight excluding hydrogens is 160 g/mol. The van der Waals surface area contributed by atoms with Gasteiger partial charge in [-0.1, -0.05) is 40.5 Å². The molecule has 0 aliphatic rings. The molecule has 0 aromatic heterocycles. The van der Waals surface area contributed by atoms with E-state index in [1.165, 1.54) is 6.42 Å². The van der Waals surface area contributed by atoms with Crippen molar-refractivity contribution in [2.75, 3.05) is 0 Å². The normalized spacial score (nSPS) is 14.5. The van der Waals surface area contributed by atoms with E-state index in [0.717, 1.165) is 32.1 Å². The summed E-state index contributed by atoms with van der Waals surface area (Å²) in [4.78, 5) is 0. The van der Waals surface area contributed by atoms with E-state index in [1.807, 2.05) is 0 Å². The zero-order chi connectivity index (χ0) is 10.3. The predicted molar refractivity (Wildman–Crippen MR) is 58.8 cm³/mol. The Morgan fingerprint density at radius 1 is 1.00 bits per heavy atom. The first-order chi connectivity index (χ1) is 6.16. The van der Waals surface area contributed by atoms with Crippen LogP contribution < -0.4 is 0 Å². The monoisotopic (exact) mass is 186 g/mol. The molecule has 0 radical (unpaired) electrons. The summed E-state index contributed by atoms with van der Waals surface area (Å²) in [6, 6.07) is 0. The zero-order valence-corrected chi connectivity index (χ0v) is 9.77. The van der Waals surface area contributed by atoms with Crippen molar-refractivity contribution in [3.8, 4) is 0 Å². The molecular formula is C12H26O. The first-order valence-electron chi connectivity index (χ1n) is 5.84. The van der Waals surface area contributed by atoms with Crippen molar-refractivity contribution in [2.45, 2.75) is 72.3 Å². The van der Waals surface area contributed by atoms with Crippen LogP contribution in [0.3, 0.4) is 0 Å². The standard InChI is InChI=1S/C12H26O/c1-5-9-10-11(13)12(6-2,7-3)8-4/h11,13H,5-10H2,1-4H3. The third-order valence-corrected chi connectivity index (χ3v) is 3.65. The van der Waals surface area contributed by atoms with Crippen molar-refractivity contribution in [2.24, 2.45) is 5.41 Å². The lowest BCUT2D eigenvalue weighted by Crippen LogP contribution is -2.33. The Hall–Kier alpha value is -0.0400. The minimum Gasteiger partial charge on any atom is -0.393 e. The minimum absolute atomic E-state index is 0.0903. The SMILES string of the molecule is CCCCC(O)C(CC)(CC)CC. The molecule has 0 amide bonds. The molecule has 0 bridgehead atoms. The predicted octanol–water partition coefficient (Wildman–Crippen LogP) is 3.75. The van der Waals surface area contributed by atoms with E-state index in [0.29, 0.717) is 0 Å². The number of aliphatic hydroxyl groups is 1. The summed E-state index contributed by atoms with van der Waals surface area (Å²) >= 11 is 0. The second-order valence-corrected chi connectivity index (χ2v) is 4.08. The average molecular weight is 186 g/mol. The summed E-state index contributed by atoms with van der Waals surface area (Å²) in [7, 11) is 0. The highest BCUT2D eigenvalue weighted by molar-refractivity contribution is 4.82. The average Bonchev–Trinajstić information content (AvgIpc) is 2.18. The molecule has 0 saturated heterocycles. The van der Waals surface area contributed by atoms with E-state index in [4.69, 9.17) is 0 Å². The summed E-state index contributed by atoms with van der Waals surface area (Å²) in [6.45, 7) is 8.77. The minimum atomic E-state index is -0.0903. The molecule has 0 aromatic rings. The topological polar surface area (TPSA) is 20.2 Å². The quantitative estimate of drug-likeness (QED) is 0.642. The van der Waals surface area contributed by atoms with E-state index in [2.05, 4.69) is 27.7 Å². The van der Waals surface area contributed by atoms with E-state index >= 15 is 0 Å². The van der Waals surface area contributed by atoms with Crippen molar-refractivity contribution in [1.82, 2.24) is 0 Å². The van der Waals surface area contributed by atoms with Crippen LogP contribution in [0.25, 0.3) is 0 Å². The van der Waals surface area contributed by atoms with E-state index in [1.54, 1.807) is 0 Å². The van der Waals surface area contributed by atoms with Crippen LogP contribution in [0.15, 0.2) is 0 Å². The number of unbranched alkanes of at least 4 members (excludes halogenated alkanes) is 1. The van der Waals surface area contributed by atoms with E-state index in [-0.39, 0.29) is 11.5 Å². The van der Waals surface area contributed by atoms with Crippen LogP contribution in [-0.4, -0.2) is 11.2 Å². The van der Waals surface area contributed by atoms with Crippen molar-refractivity contribution in [3.63, 3.8) is 0 Å². The molecule has 1 unspecified atom stereocenters. The van der Waals surface area contributed by atoms with Crippen LogP contribution >= 0.6 is 0 Å². The molecule has 0 saturated carbocycles. The zero-order valence-electron chi connectivity index (χ0n) is 9.77.